The number of nitrogens with one attached hydrogen (secondary N) is 1. The summed E-state index contributed by atoms with van der Waals surface area (Å²) in [6.45, 7) is 6.90. The molecule has 0 unspecified atom stereocenters. The van der Waals surface area contributed by atoms with Gasteiger partial charge in [-0.05, 0) is 45.6 Å². The zero-order chi connectivity index (χ0) is 24.5. The van der Waals surface area contributed by atoms with Crippen molar-refractivity contribution in [2.24, 2.45) is 5.92 Å². The largest absolute Gasteiger partial charge is 0.467 e. The smallest absolute Gasteiger partial charge is 0.408 e. The third kappa shape index (κ3) is 4.85. The summed E-state index contributed by atoms with van der Waals surface area (Å²) in [6, 6.07) is 7.97. The third-order valence-corrected chi connectivity index (χ3v) is 7.33. The fourth-order valence-corrected chi connectivity index (χ4v) is 5.40. The quantitative estimate of drug-likeness (QED) is 0.349. The van der Waals surface area contributed by atoms with Crippen LogP contribution in [0.2, 0.25) is 0 Å². The molecular weight excluding hydrogens is 438 g/mol. The third-order valence-electron chi connectivity index (χ3n) is 7.33. The van der Waals surface area contributed by atoms with E-state index < -0.39 is 35.9 Å². The van der Waals surface area contributed by atoms with E-state index in [1.165, 1.54) is 12.7 Å². The molecule has 1 amide bonds. The molecule has 2 heterocycles. The van der Waals surface area contributed by atoms with Crippen molar-refractivity contribution in [3.05, 3.63) is 47.5 Å². The molecule has 8 heteroatoms. The number of benzene rings is 1. The van der Waals surface area contributed by atoms with Crippen LogP contribution in [0, 0.1) is 5.92 Å². The molecule has 1 saturated carbocycles. The zero-order valence-electron chi connectivity index (χ0n) is 20.5. The van der Waals surface area contributed by atoms with E-state index in [2.05, 4.69) is 32.2 Å². The molecule has 3 aliphatic rings. The summed E-state index contributed by atoms with van der Waals surface area (Å²) in [4.78, 5) is 25.2. The Morgan fingerprint density at radius 3 is 2.53 bits per heavy atom. The van der Waals surface area contributed by atoms with Gasteiger partial charge >= 0.3 is 12.1 Å². The van der Waals surface area contributed by atoms with E-state index >= 15 is 0 Å². The van der Waals surface area contributed by atoms with Gasteiger partial charge in [0.15, 0.2) is 6.04 Å². The highest BCUT2D eigenvalue weighted by atomic mass is 16.6. The van der Waals surface area contributed by atoms with Crippen molar-refractivity contribution in [3.8, 4) is 0 Å². The molecule has 7 atom stereocenters. The standard InChI is InChI=1S/C26H35NO7/c1-16(2)11-12-19-25(3,34-19)22-21(30-4)18(13-14-26(22)15-32-26)33-24(29)27-20(23(28)31-5)17-9-7-6-8-10-17/h6-11,18-22H,12-15H2,1-5H3,(H,27,29)/t18-,19-,20-,21-,22+,25+,26+/m1/s1. The van der Waals surface area contributed by atoms with Crippen LogP contribution in [0.4, 0.5) is 4.79 Å². The van der Waals surface area contributed by atoms with Crippen molar-refractivity contribution in [2.45, 2.75) is 75.6 Å². The van der Waals surface area contributed by atoms with Gasteiger partial charge in [-0.1, -0.05) is 42.0 Å². The summed E-state index contributed by atoms with van der Waals surface area (Å²) in [5.74, 6) is -0.642. The maximum absolute atomic E-state index is 12.9. The van der Waals surface area contributed by atoms with Gasteiger partial charge in [0, 0.05) is 7.11 Å². The molecule has 8 nitrogen and oxygen atoms in total. The summed E-state index contributed by atoms with van der Waals surface area (Å²) >= 11 is 0. The number of alkyl carbamates (subject to hydrolysis) is 1. The van der Waals surface area contributed by atoms with Gasteiger partial charge in [-0.3, -0.25) is 0 Å². The maximum atomic E-state index is 12.9. The molecule has 1 aliphatic carbocycles. The molecule has 1 N–H and O–H groups in total. The minimum Gasteiger partial charge on any atom is -0.467 e. The van der Waals surface area contributed by atoms with Crippen LogP contribution in [-0.4, -0.2) is 62.4 Å². The van der Waals surface area contributed by atoms with Gasteiger partial charge in [-0.25, -0.2) is 9.59 Å². The van der Waals surface area contributed by atoms with Crippen LogP contribution in [-0.2, 0) is 28.5 Å². The van der Waals surface area contributed by atoms with Crippen LogP contribution >= 0.6 is 0 Å². The Morgan fingerprint density at radius 2 is 1.94 bits per heavy atom. The first-order valence-electron chi connectivity index (χ1n) is 11.8. The Kier molecular flexibility index (Phi) is 7.03. The lowest BCUT2D eigenvalue weighted by atomic mass is 9.68. The highest BCUT2D eigenvalue weighted by Crippen LogP contribution is 2.59. The first kappa shape index (κ1) is 24.7. The van der Waals surface area contributed by atoms with Crippen LogP contribution in [0.25, 0.3) is 0 Å². The SMILES string of the molecule is COC(=O)[C@H](NC(=O)O[C@@H]1CC[C@]2(CO2)[C@H]([C@@]2(C)O[C@@H]2CC=C(C)C)[C@@H]1OC)c1ccccc1. The highest BCUT2D eigenvalue weighted by Gasteiger charge is 2.72. The van der Waals surface area contributed by atoms with Crippen LogP contribution in [0.15, 0.2) is 42.0 Å². The Labute approximate surface area is 200 Å². The topological polar surface area (TPSA) is 98.9 Å². The van der Waals surface area contributed by atoms with E-state index in [0.29, 0.717) is 18.6 Å². The molecular formula is C26H35NO7. The fourth-order valence-electron chi connectivity index (χ4n) is 5.40. The number of esters is 1. The number of allylic oxidation sites excluding steroid dienone is 1. The van der Waals surface area contributed by atoms with E-state index in [9.17, 15) is 9.59 Å². The molecule has 0 radical (unpaired) electrons. The number of rotatable bonds is 8. The average molecular weight is 474 g/mol. The van der Waals surface area contributed by atoms with E-state index in [1.807, 2.05) is 6.07 Å². The highest BCUT2D eigenvalue weighted by molar-refractivity contribution is 5.82. The van der Waals surface area contributed by atoms with Crippen molar-refractivity contribution in [3.63, 3.8) is 0 Å². The predicted octanol–water partition coefficient (Wildman–Crippen LogP) is 3.70. The van der Waals surface area contributed by atoms with Gasteiger partial charge in [-0.15, -0.1) is 0 Å². The monoisotopic (exact) mass is 473 g/mol. The molecule has 34 heavy (non-hydrogen) atoms. The van der Waals surface area contributed by atoms with E-state index in [4.69, 9.17) is 23.7 Å². The number of methoxy groups -OCH3 is 2. The Morgan fingerprint density at radius 1 is 1.24 bits per heavy atom. The summed E-state index contributed by atoms with van der Waals surface area (Å²) in [5.41, 5.74) is 1.14. The molecule has 3 fully saturated rings. The van der Waals surface area contributed by atoms with E-state index in [0.717, 1.165) is 12.8 Å². The van der Waals surface area contributed by atoms with Crippen LogP contribution in [0.3, 0.4) is 0 Å². The van der Waals surface area contributed by atoms with Crippen LogP contribution in [0.1, 0.15) is 51.6 Å². The maximum Gasteiger partial charge on any atom is 0.408 e. The normalized spacial score (nSPS) is 34.6. The van der Waals surface area contributed by atoms with Gasteiger partial charge in [0.2, 0.25) is 0 Å². The summed E-state index contributed by atoms with van der Waals surface area (Å²) in [6.07, 6.45) is 2.85. The molecule has 2 aliphatic heterocycles. The number of carbonyl (C=O) groups excluding carboxylic acids is 2. The molecule has 186 valence electrons. The van der Waals surface area contributed by atoms with Crippen molar-refractivity contribution in [1.29, 1.82) is 0 Å². The first-order valence-corrected chi connectivity index (χ1v) is 11.8. The second-order valence-corrected chi connectivity index (χ2v) is 9.83. The van der Waals surface area contributed by atoms with Gasteiger partial charge in [0.25, 0.3) is 0 Å². The molecule has 1 aromatic carbocycles. The second kappa shape index (κ2) is 9.68. The minimum atomic E-state index is -0.963. The van der Waals surface area contributed by atoms with Gasteiger partial charge in [-0.2, -0.15) is 0 Å². The molecule has 2 saturated heterocycles. The number of hydrogen-bond acceptors (Lipinski definition) is 7. The van der Waals surface area contributed by atoms with E-state index in [1.54, 1.807) is 31.4 Å². The van der Waals surface area contributed by atoms with Crippen LogP contribution < -0.4 is 5.32 Å². The fraction of sp³-hybridized carbons (Fsp3) is 0.615. The lowest BCUT2D eigenvalue weighted by Gasteiger charge is -2.42. The van der Waals surface area contributed by atoms with Gasteiger partial charge < -0.3 is 29.0 Å². The van der Waals surface area contributed by atoms with Gasteiger partial charge in [0.1, 0.15) is 23.4 Å². The van der Waals surface area contributed by atoms with Crippen molar-refractivity contribution in [2.75, 3.05) is 20.8 Å². The Hall–Kier alpha value is -2.42. The number of hydrogen-bond donors (Lipinski definition) is 1. The number of carbonyl (C=O) groups is 2. The minimum absolute atomic E-state index is 0.0699. The second-order valence-electron chi connectivity index (χ2n) is 9.83. The first-order chi connectivity index (χ1) is 16.2. The summed E-state index contributed by atoms with van der Waals surface area (Å²) in [7, 11) is 2.92. The predicted molar refractivity (Wildman–Crippen MR) is 124 cm³/mol. The van der Waals surface area contributed by atoms with Crippen LogP contribution in [0.5, 0.6) is 0 Å². The molecule has 4 rings (SSSR count). The molecule has 0 bridgehead atoms. The molecule has 0 aromatic heterocycles. The Balaban J connectivity index is 1.47. The average Bonchev–Trinajstić information content (AvgIpc) is 3.74. The lowest BCUT2D eigenvalue weighted by Crippen LogP contribution is -2.56. The number of ether oxygens (including phenoxy) is 5. The molecule has 1 aromatic rings. The number of amides is 1. The van der Waals surface area contributed by atoms with Crippen molar-refractivity contribution >= 4 is 12.1 Å². The number of epoxide rings is 2. The summed E-state index contributed by atoms with van der Waals surface area (Å²) < 4.78 is 28.8. The van der Waals surface area contributed by atoms with Gasteiger partial charge in [0.05, 0.1) is 25.7 Å². The lowest BCUT2D eigenvalue weighted by molar-refractivity contribution is -0.143. The summed E-state index contributed by atoms with van der Waals surface area (Å²) in [5, 5.41) is 2.66. The Bertz CT molecular complexity index is 924. The van der Waals surface area contributed by atoms with Crippen molar-refractivity contribution in [1.82, 2.24) is 5.32 Å². The van der Waals surface area contributed by atoms with E-state index in [-0.39, 0.29) is 17.6 Å². The molecule has 1 spiro atoms. The van der Waals surface area contributed by atoms with Crippen molar-refractivity contribution < 1.29 is 33.3 Å². The zero-order valence-corrected chi connectivity index (χ0v) is 20.5.